The minimum Gasteiger partial charge on any atom is -0.256 e. The average molecular weight is 288 g/mol. The fraction of sp³-hybridized carbons (Fsp3) is 0.267. The number of rotatable bonds is 5. The van der Waals surface area contributed by atoms with Crippen LogP contribution in [-0.4, -0.2) is 19.4 Å². The maximum absolute atomic E-state index is 12.5. The highest BCUT2D eigenvalue weighted by molar-refractivity contribution is 7.89. The molecule has 2 aromatic rings. The third-order valence-electron chi connectivity index (χ3n) is 2.97. The quantitative estimate of drug-likeness (QED) is 0.859. The summed E-state index contributed by atoms with van der Waals surface area (Å²) >= 11 is 0. The predicted molar refractivity (Wildman–Crippen MR) is 79.6 cm³/mol. The Balaban J connectivity index is 2.45. The zero-order chi connectivity index (χ0) is 14.6. The van der Waals surface area contributed by atoms with Gasteiger partial charge in [0.1, 0.15) is 0 Å². The third-order valence-corrected chi connectivity index (χ3v) is 4.50. The van der Waals surface area contributed by atoms with Crippen LogP contribution >= 0.6 is 0 Å². The lowest BCUT2D eigenvalue weighted by molar-refractivity contribution is 0.565. The Labute approximate surface area is 119 Å². The van der Waals surface area contributed by atoms with Gasteiger partial charge in [0.05, 0.1) is 16.5 Å². The molecule has 1 aromatic heterocycles. The first-order valence-corrected chi connectivity index (χ1v) is 7.89. The molecule has 0 aliphatic heterocycles. The fourth-order valence-corrected chi connectivity index (χ4v) is 3.43. The Morgan fingerprint density at radius 2 is 2.15 bits per heavy atom. The van der Waals surface area contributed by atoms with Crippen LogP contribution in [0.25, 0.3) is 10.9 Å². The predicted octanol–water partition coefficient (Wildman–Crippen LogP) is 2.32. The van der Waals surface area contributed by atoms with Crippen molar-refractivity contribution in [2.45, 2.75) is 30.7 Å². The van der Waals surface area contributed by atoms with Gasteiger partial charge in [-0.3, -0.25) is 4.98 Å². The fourth-order valence-electron chi connectivity index (χ4n) is 2.03. The molecule has 0 aliphatic rings. The summed E-state index contributed by atoms with van der Waals surface area (Å²) in [6.45, 7) is 1.96. The zero-order valence-corrected chi connectivity index (χ0v) is 12.0. The van der Waals surface area contributed by atoms with Crippen LogP contribution < -0.4 is 4.72 Å². The van der Waals surface area contributed by atoms with Crippen LogP contribution in [0.2, 0.25) is 0 Å². The summed E-state index contributed by atoms with van der Waals surface area (Å²) in [5.41, 5.74) is 0.642. The van der Waals surface area contributed by atoms with Crippen molar-refractivity contribution in [3.63, 3.8) is 0 Å². The van der Waals surface area contributed by atoms with Crippen LogP contribution in [-0.2, 0) is 10.0 Å². The van der Waals surface area contributed by atoms with Crippen molar-refractivity contribution >= 4 is 20.9 Å². The number of nitrogens with one attached hydrogen (secondary N) is 1. The monoisotopic (exact) mass is 288 g/mol. The highest BCUT2D eigenvalue weighted by Gasteiger charge is 2.20. The second-order valence-corrected chi connectivity index (χ2v) is 6.14. The molecule has 0 saturated heterocycles. The maximum Gasteiger partial charge on any atom is 0.242 e. The largest absolute Gasteiger partial charge is 0.256 e. The molecule has 20 heavy (non-hydrogen) atoms. The molecule has 1 unspecified atom stereocenters. The molecule has 0 aliphatic carbocycles. The van der Waals surface area contributed by atoms with E-state index in [0.29, 0.717) is 17.3 Å². The second-order valence-electron chi connectivity index (χ2n) is 4.46. The van der Waals surface area contributed by atoms with Crippen LogP contribution in [0.1, 0.15) is 19.8 Å². The van der Waals surface area contributed by atoms with Gasteiger partial charge in [0, 0.05) is 11.6 Å². The Morgan fingerprint density at radius 1 is 1.35 bits per heavy atom. The molecule has 0 saturated carbocycles. The number of benzene rings is 1. The van der Waals surface area contributed by atoms with Gasteiger partial charge in [0.2, 0.25) is 10.0 Å². The summed E-state index contributed by atoms with van der Waals surface area (Å²) in [7, 11) is -3.65. The summed E-state index contributed by atoms with van der Waals surface area (Å²) < 4.78 is 27.5. The van der Waals surface area contributed by atoms with E-state index in [2.05, 4.69) is 15.6 Å². The minimum absolute atomic E-state index is 0.208. The zero-order valence-electron chi connectivity index (χ0n) is 11.2. The first-order valence-electron chi connectivity index (χ1n) is 6.40. The highest BCUT2D eigenvalue weighted by atomic mass is 32.2. The molecule has 1 N–H and O–H groups in total. The molecule has 1 aromatic carbocycles. The Hall–Kier alpha value is -1.90. The van der Waals surface area contributed by atoms with Gasteiger partial charge in [-0.1, -0.05) is 25.3 Å². The van der Waals surface area contributed by atoms with Crippen LogP contribution in [0.4, 0.5) is 0 Å². The third kappa shape index (κ3) is 2.98. The standard InChI is InChI=1S/C15H16N2O2S/c1-3-7-12(4-2)17-20(18,19)15-10-5-9-14-13(15)8-6-11-16-14/h2,5-6,8-12,17H,3,7H2,1H3. The van der Waals surface area contributed by atoms with Crippen molar-refractivity contribution in [2.24, 2.45) is 0 Å². The van der Waals surface area contributed by atoms with Crippen molar-refractivity contribution in [1.29, 1.82) is 0 Å². The highest BCUT2D eigenvalue weighted by Crippen LogP contribution is 2.21. The van der Waals surface area contributed by atoms with Gasteiger partial charge in [0.15, 0.2) is 0 Å². The van der Waals surface area contributed by atoms with Crippen molar-refractivity contribution in [1.82, 2.24) is 9.71 Å². The smallest absolute Gasteiger partial charge is 0.242 e. The molecule has 4 nitrogen and oxygen atoms in total. The van der Waals surface area contributed by atoms with Crippen molar-refractivity contribution in [2.75, 3.05) is 0 Å². The van der Waals surface area contributed by atoms with Crippen molar-refractivity contribution in [3.8, 4) is 12.3 Å². The molecule has 2 rings (SSSR count). The summed E-state index contributed by atoms with van der Waals surface area (Å²) in [6.07, 6.45) is 8.42. The number of terminal acetylenes is 1. The number of hydrogen-bond donors (Lipinski definition) is 1. The molecule has 0 radical (unpaired) electrons. The topological polar surface area (TPSA) is 59.1 Å². The van der Waals surface area contributed by atoms with Crippen LogP contribution in [0.5, 0.6) is 0 Å². The SMILES string of the molecule is C#CC(CCC)NS(=O)(=O)c1cccc2ncccc12. The summed E-state index contributed by atoms with van der Waals surface area (Å²) in [5.74, 6) is 2.47. The first-order chi connectivity index (χ1) is 9.58. The molecule has 1 heterocycles. The molecular weight excluding hydrogens is 272 g/mol. The minimum atomic E-state index is -3.65. The van der Waals surface area contributed by atoms with Gasteiger partial charge < -0.3 is 0 Å². The Kier molecular flexibility index (Phi) is 4.38. The van der Waals surface area contributed by atoms with E-state index >= 15 is 0 Å². The van der Waals surface area contributed by atoms with E-state index in [-0.39, 0.29) is 4.90 Å². The van der Waals surface area contributed by atoms with Crippen LogP contribution in [0.15, 0.2) is 41.4 Å². The van der Waals surface area contributed by atoms with Gasteiger partial charge in [0.25, 0.3) is 0 Å². The number of nitrogens with zero attached hydrogens (tertiary/aromatic N) is 1. The number of pyridine rings is 1. The first kappa shape index (κ1) is 14.5. The molecule has 5 heteroatoms. The van der Waals surface area contributed by atoms with Gasteiger partial charge in [-0.15, -0.1) is 6.42 Å². The van der Waals surface area contributed by atoms with Crippen molar-refractivity contribution in [3.05, 3.63) is 36.5 Å². The number of hydrogen-bond acceptors (Lipinski definition) is 3. The van der Waals surface area contributed by atoms with E-state index < -0.39 is 16.1 Å². The van der Waals surface area contributed by atoms with E-state index in [0.717, 1.165) is 6.42 Å². The van der Waals surface area contributed by atoms with E-state index in [9.17, 15) is 8.42 Å². The molecule has 104 valence electrons. The average Bonchev–Trinajstić information content (AvgIpc) is 2.46. The summed E-state index contributed by atoms with van der Waals surface area (Å²) in [5, 5.41) is 0.592. The number of aromatic nitrogens is 1. The number of sulfonamides is 1. The molecule has 0 spiro atoms. The molecule has 0 fully saturated rings. The van der Waals surface area contributed by atoms with Crippen molar-refractivity contribution < 1.29 is 8.42 Å². The van der Waals surface area contributed by atoms with Gasteiger partial charge >= 0.3 is 0 Å². The molecule has 0 amide bonds. The molecular formula is C15H16N2O2S. The molecule has 0 bridgehead atoms. The van der Waals surface area contributed by atoms with Gasteiger partial charge in [-0.25, -0.2) is 8.42 Å². The lowest BCUT2D eigenvalue weighted by atomic mass is 10.2. The van der Waals surface area contributed by atoms with Crippen LogP contribution in [0, 0.1) is 12.3 Å². The summed E-state index contributed by atoms with van der Waals surface area (Å²) in [4.78, 5) is 4.37. The van der Waals surface area contributed by atoms with E-state index in [1.165, 1.54) is 0 Å². The lowest BCUT2D eigenvalue weighted by Crippen LogP contribution is -2.33. The second kappa shape index (κ2) is 6.04. The number of fused-ring (bicyclic) bond motifs is 1. The Morgan fingerprint density at radius 3 is 2.85 bits per heavy atom. The van der Waals surface area contributed by atoms with Crippen LogP contribution in [0.3, 0.4) is 0 Å². The molecule has 1 atom stereocenters. The van der Waals surface area contributed by atoms with Gasteiger partial charge in [-0.05, 0) is 30.7 Å². The summed E-state index contributed by atoms with van der Waals surface area (Å²) in [6, 6.07) is 7.98. The normalized spacial score (nSPS) is 13.0. The van der Waals surface area contributed by atoms with E-state index in [4.69, 9.17) is 6.42 Å². The Bertz CT molecular complexity index is 743. The van der Waals surface area contributed by atoms with E-state index in [1.807, 2.05) is 6.92 Å². The maximum atomic E-state index is 12.5. The lowest BCUT2D eigenvalue weighted by Gasteiger charge is -2.13. The van der Waals surface area contributed by atoms with E-state index in [1.54, 1.807) is 36.5 Å². The van der Waals surface area contributed by atoms with Gasteiger partial charge in [-0.2, -0.15) is 4.72 Å².